The number of carbonyl (C=O) groups excluding carboxylic acids is 1. The maximum absolute atomic E-state index is 10.4. The van der Waals surface area contributed by atoms with Gasteiger partial charge in [-0.1, -0.05) is 6.42 Å². The summed E-state index contributed by atoms with van der Waals surface area (Å²) in [6.45, 7) is 0.781. The summed E-state index contributed by atoms with van der Waals surface area (Å²) in [6.07, 6.45) is 4.44. The monoisotopic (exact) mass is 137 g/mol. The fourth-order valence-electron chi connectivity index (χ4n) is 1.65. The standard InChI is InChI=1S/C7H12BNO/c8-9-4-6-2-1-3-7(6)5-10/h5-7,9H,1-4H2/t6-,7+/m1/s1. The third-order valence-corrected chi connectivity index (χ3v) is 2.27. The second-order valence-corrected chi connectivity index (χ2v) is 2.90. The van der Waals surface area contributed by atoms with Gasteiger partial charge in [0.25, 0.3) is 0 Å². The molecule has 0 aliphatic heterocycles. The van der Waals surface area contributed by atoms with Crippen molar-refractivity contribution in [2.75, 3.05) is 6.54 Å². The molecule has 0 heterocycles. The quantitative estimate of drug-likeness (QED) is 0.447. The molecule has 0 aromatic carbocycles. The number of hydrogen-bond acceptors (Lipinski definition) is 2. The van der Waals surface area contributed by atoms with E-state index in [0.29, 0.717) is 5.92 Å². The van der Waals surface area contributed by atoms with Gasteiger partial charge in [0.1, 0.15) is 6.29 Å². The lowest BCUT2D eigenvalue weighted by molar-refractivity contribution is -0.111. The van der Waals surface area contributed by atoms with Gasteiger partial charge < -0.3 is 10.0 Å². The predicted molar refractivity (Wildman–Crippen MR) is 40.7 cm³/mol. The highest BCUT2D eigenvalue weighted by Gasteiger charge is 2.25. The number of hydrogen-bond donors (Lipinski definition) is 1. The molecule has 2 nitrogen and oxygen atoms in total. The maximum Gasteiger partial charge on any atom is 0.177 e. The Bertz CT molecular complexity index is 118. The second kappa shape index (κ2) is 3.76. The molecular formula is C7H12BNO. The van der Waals surface area contributed by atoms with Crippen molar-refractivity contribution in [3.05, 3.63) is 0 Å². The Hall–Kier alpha value is -0.305. The second-order valence-electron chi connectivity index (χ2n) is 2.90. The summed E-state index contributed by atoms with van der Waals surface area (Å²) in [5.41, 5.74) is 0. The van der Waals surface area contributed by atoms with E-state index in [1.807, 2.05) is 0 Å². The molecule has 0 bridgehead atoms. The molecule has 1 fully saturated rings. The molecule has 0 unspecified atom stereocenters. The van der Waals surface area contributed by atoms with Crippen LogP contribution in [0.4, 0.5) is 0 Å². The minimum Gasteiger partial charge on any atom is -0.366 e. The van der Waals surface area contributed by atoms with Gasteiger partial charge in [-0.15, -0.1) is 0 Å². The van der Waals surface area contributed by atoms with Gasteiger partial charge in [0.15, 0.2) is 7.98 Å². The van der Waals surface area contributed by atoms with Crippen molar-refractivity contribution in [2.45, 2.75) is 19.3 Å². The smallest absolute Gasteiger partial charge is 0.177 e. The van der Waals surface area contributed by atoms with E-state index in [2.05, 4.69) is 5.23 Å². The van der Waals surface area contributed by atoms with Gasteiger partial charge in [0, 0.05) is 5.92 Å². The zero-order valence-electron chi connectivity index (χ0n) is 6.05. The Morgan fingerprint density at radius 1 is 1.60 bits per heavy atom. The van der Waals surface area contributed by atoms with Gasteiger partial charge in [-0.2, -0.15) is 0 Å². The fourth-order valence-corrected chi connectivity index (χ4v) is 1.65. The summed E-state index contributed by atoms with van der Waals surface area (Å²) in [5, 5.41) is 2.62. The molecule has 0 spiro atoms. The lowest BCUT2D eigenvalue weighted by Crippen LogP contribution is -2.23. The Morgan fingerprint density at radius 3 is 3.00 bits per heavy atom. The first kappa shape index (κ1) is 7.80. The van der Waals surface area contributed by atoms with Crippen LogP contribution in [0.2, 0.25) is 0 Å². The highest BCUT2D eigenvalue weighted by Crippen LogP contribution is 2.29. The van der Waals surface area contributed by atoms with Crippen molar-refractivity contribution < 1.29 is 4.79 Å². The lowest BCUT2D eigenvalue weighted by Gasteiger charge is -2.12. The molecule has 1 rings (SSSR count). The normalized spacial score (nSPS) is 32.4. The SMILES string of the molecule is [B]NC[C@H]1CCC[C@H]1C=O. The molecule has 54 valence electrons. The topological polar surface area (TPSA) is 29.1 Å². The third-order valence-electron chi connectivity index (χ3n) is 2.27. The van der Waals surface area contributed by atoms with Crippen LogP contribution in [-0.4, -0.2) is 20.8 Å². The average Bonchev–Trinajstić information content (AvgIpc) is 2.36. The van der Waals surface area contributed by atoms with Crippen LogP contribution in [-0.2, 0) is 4.79 Å². The van der Waals surface area contributed by atoms with Crippen molar-refractivity contribution in [2.24, 2.45) is 11.8 Å². The summed E-state index contributed by atoms with van der Waals surface area (Å²) in [7, 11) is 5.16. The largest absolute Gasteiger partial charge is 0.366 e. The molecular weight excluding hydrogens is 125 g/mol. The van der Waals surface area contributed by atoms with Gasteiger partial charge in [-0.3, -0.25) is 0 Å². The van der Waals surface area contributed by atoms with E-state index < -0.39 is 0 Å². The van der Waals surface area contributed by atoms with Crippen LogP contribution in [0.25, 0.3) is 0 Å². The molecule has 0 aromatic rings. The van der Waals surface area contributed by atoms with Crippen LogP contribution in [0.5, 0.6) is 0 Å². The van der Waals surface area contributed by atoms with E-state index in [4.69, 9.17) is 7.98 Å². The number of nitrogens with one attached hydrogen (secondary N) is 1. The minimum absolute atomic E-state index is 0.260. The zero-order valence-corrected chi connectivity index (χ0v) is 6.05. The number of rotatable bonds is 3. The Balaban J connectivity index is 2.34. The highest BCUT2D eigenvalue weighted by molar-refractivity contribution is 6.04. The van der Waals surface area contributed by atoms with Crippen molar-refractivity contribution in [1.29, 1.82) is 0 Å². The summed E-state index contributed by atoms with van der Waals surface area (Å²) in [4.78, 5) is 10.4. The van der Waals surface area contributed by atoms with E-state index in [1.165, 1.54) is 6.42 Å². The molecule has 1 N–H and O–H groups in total. The van der Waals surface area contributed by atoms with Crippen molar-refractivity contribution in [1.82, 2.24) is 5.23 Å². The summed E-state index contributed by atoms with van der Waals surface area (Å²) >= 11 is 0. The van der Waals surface area contributed by atoms with Gasteiger partial charge >= 0.3 is 0 Å². The minimum atomic E-state index is 0.260. The van der Waals surface area contributed by atoms with Crippen molar-refractivity contribution >= 4 is 14.3 Å². The molecule has 0 saturated heterocycles. The van der Waals surface area contributed by atoms with Crippen molar-refractivity contribution in [3.8, 4) is 0 Å². The van der Waals surface area contributed by atoms with E-state index in [1.54, 1.807) is 0 Å². The molecule has 10 heavy (non-hydrogen) atoms. The van der Waals surface area contributed by atoms with E-state index in [-0.39, 0.29) is 5.92 Å². The average molecular weight is 137 g/mol. The molecule has 0 aromatic heterocycles. The number of aldehydes is 1. The summed E-state index contributed by atoms with van der Waals surface area (Å²) in [6, 6.07) is 0. The molecule has 1 aliphatic rings. The molecule has 1 aliphatic carbocycles. The lowest BCUT2D eigenvalue weighted by atomic mass is 9.97. The first-order chi connectivity index (χ1) is 4.88. The van der Waals surface area contributed by atoms with Crippen LogP contribution in [0.3, 0.4) is 0 Å². The molecule has 0 amide bonds. The Labute approximate surface area is 62.8 Å². The first-order valence-electron chi connectivity index (χ1n) is 3.77. The molecule has 1 saturated carbocycles. The van der Waals surface area contributed by atoms with Gasteiger partial charge in [-0.05, 0) is 25.3 Å². The van der Waals surface area contributed by atoms with Crippen LogP contribution in [0, 0.1) is 11.8 Å². The molecule has 3 heteroatoms. The van der Waals surface area contributed by atoms with Crippen LogP contribution >= 0.6 is 0 Å². The van der Waals surface area contributed by atoms with Crippen LogP contribution < -0.4 is 5.23 Å². The molecule has 2 radical (unpaired) electrons. The zero-order chi connectivity index (χ0) is 7.40. The third kappa shape index (κ3) is 1.60. The number of carbonyl (C=O) groups is 1. The van der Waals surface area contributed by atoms with Gasteiger partial charge in [0.2, 0.25) is 0 Å². The van der Waals surface area contributed by atoms with Crippen LogP contribution in [0.15, 0.2) is 0 Å². The van der Waals surface area contributed by atoms with Gasteiger partial charge in [0.05, 0.1) is 0 Å². The Morgan fingerprint density at radius 2 is 2.40 bits per heavy atom. The maximum atomic E-state index is 10.4. The predicted octanol–water partition coefficient (Wildman–Crippen LogP) is 0.275. The Kier molecular flexibility index (Phi) is 2.94. The van der Waals surface area contributed by atoms with E-state index in [9.17, 15) is 4.79 Å². The van der Waals surface area contributed by atoms with Gasteiger partial charge in [-0.25, -0.2) is 0 Å². The fraction of sp³-hybridized carbons (Fsp3) is 0.857. The van der Waals surface area contributed by atoms with Crippen molar-refractivity contribution in [3.63, 3.8) is 0 Å². The summed E-state index contributed by atoms with van der Waals surface area (Å²) < 4.78 is 0. The first-order valence-corrected chi connectivity index (χ1v) is 3.77. The van der Waals surface area contributed by atoms with E-state index in [0.717, 1.165) is 25.7 Å². The van der Waals surface area contributed by atoms with Crippen LogP contribution in [0.1, 0.15) is 19.3 Å². The highest BCUT2D eigenvalue weighted by atomic mass is 16.1. The van der Waals surface area contributed by atoms with E-state index >= 15 is 0 Å². The summed E-state index contributed by atoms with van der Waals surface area (Å²) in [5.74, 6) is 0.749. The molecule has 2 atom stereocenters.